The third-order valence-electron chi connectivity index (χ3n) is 6.55. The number of benzene rings is 1. The molecule has 7 nitrogen and oxygen atoms in total. The molecule has 0 unspecified atom stereocenters. The van der Waals surface area contributed by atoms with E-state index in [0.29, 0.717) is 60.1 Å². The van der Waals surface area contributed by atoms with Gasteiger partial charge in [-0.05, 0) is 44.9 Å². The number of furan rings is 1. The maximum atomic E-state index is 13.6. The lowest BCUT2D eigenvalue weighted by Gasteiger charge is -2.36. The van der Waals surface area contributed by atoms with Crippen LogP contribution < -0.4 is 9.80 Å². The van der Waals surface area contributed by atoms with Crippen LogP contribution in [0.1, 0.15) is 40.3 Å². The van der Waals surface area contributed by atoms with Gasteiger partial charge in [0, 0.05) is 45.0 Å². The minimum absolute atomic E-state index is 0.159. The maximum absolute atomic E-state index is 13.6. The monoisotopic (exact) mass is 473 g/mol. The molecule has 2 aliphatic heterocycles. The number of aryl methyl sites for hydroxylation is 2. The molecule has 3 aromatic rings. The highest BCUT2D eigenvalue weighted by Crippen LogP contribution is 2.35. The van der Waals surface area contributed by atoms with Gasteiger partial charge in [0.1, 0.15) is 17.4 Å². The molecule has 34 heavy (non-hydrogen) atoms. The van der Waals surface area contributed by atoms with E-state index in [4.69, 9.17) is 4.42 Å². The van der Waals surface area contributed by atoms with E-state index < -0.39 is 11.7 Å². The Morgan fingerprint density at radius 2 is 1.68 bits per heavy atom. The summed E-state index contributed by atoms with van der Waals surface area (Å²) < 4.78 is 45.2. The molecule has 2 fully saturated rings. The number of rotatable bonds is 3. The molecule has 2 aliphatic rings. The van der Waals surface area contributed by atoms with Gasteiger partial charge in [0.15, 0.2) is 0 Å². The Labute approximate surface area is 195 Å². The minimum Gasteiger partial charge on any atom is -0.442 e. The van der Waals surface area contributed by atoms with Crippen molar-refractivity contribution in [2.45, 2.75) is 32.9 Å². The van der Waals surface area contributed by atoms with Crippen molar-refractivity contribution < 1.29 is 22.4 Å². The van der Waals surface area contributed by atoms with Crippen LogP contribution in [0.5, 0.6) is 0 Å². The summed E-state index contributed by atoms with van der Waals surface area (Å²) >= 11 is 0. The van der Waals surface area contributed by atoms with Crippen LogP contribution in [0.25, 0.3) is 11.1 Å². The van der Waals surface area contributed by atoms with Gasteiger partial charge in [-0.25, -0.2) is 4.98 Å². The Kier molecular flexibility index (Phi) is 5.61. The molecule has 5 rings (SSSR count). The number of piperazine rings is 1. The fourth-order valence-electron chi connectivity index (χ4n) is 4.82. The number of anilines is 2. The summed E-state index contributed by atoms with van der Waals surface area (Å²) in [5.41, 5.74) is 0.725. The average molecular weight is 473 g/mol. The van der Waals surface area contributed by atoms with Crippen molar-refractivity contribution in [1.29, 1.82) is 0 Å². The standard InChI is InChI=1S/C24H26F3N5O2/c1-15-19(20-21(31-8-3-4-9-31)28-16(2)29-22(20)34-15)23(33)32-12-10-30(11-13-32)18-7-5-6-17(14-18)24(25,26)27/h5-7,14H,3-4,8-13H2,1-2H3. The van der Waals surface area contributed by atoms with Crippen LogP contribution >= 0.6 is 0 Å². The van der Waals surface area contributed by atoms with Gasteiger partial charge >= 0.3 is 6.18 Å². The number of halogens is 3. The van der Waals surface area contributed by atoms with E-state index >= 15 is 0 Å². The number of carbonyl (C=O) groups is 1. The molecule has 10 heteroatoms. The lowest BCUT2D eigenvalue weighted by molar-refractivity contribution is -0.137. The molecule has 0 atom stereocenters. The summed E-state index contributed by atoms with van der Waals surface area (Å²) in [6.45, 7) is 6.99. The van der Waals surface area contributed by atoms with Crippen molar-refractivity contribution >= 4 is 28.5 Å². The van der Waals surface area contributed by atoms with Crippen LogP contribution in [-0.4, -0.2) is 60.0 Å². The Bertz CT molecular complexity index is 1230. The lowest BCUT2D eigenvalue weighted by atomic mass is 10.1. The predicted molar refractivity (Wildman–Crippen MR) is 122 cm³/mol. The summed E-state index contributed by atoms with van der Waals surface area (Å²) in [5, 5.41) is 0.648. The number of alkyl halides is 3. The highest BCUT2D eigenvalue weighted by Gasteiger charge is 2.33. The Morgan fingerprint density at radius 3 is 2.35 bits per heavy atom. The zero-order valence-electron chi connectivity index (χ0n) is 19.2. The fourth-order valence-corrected chi connectivity index (χ4v) is 4.82. The van der Waals surface area contributed by atoms with E-state index in [2.05, 4.69) is 14.9 Å². The largest absolute Gasteiger partial charge is 0.442 e. The van der Waals surface area contributed by atoms with E-state index in [1.54, 1.807) is 17.9 Å². The van der Waals surface area contributed by atoms with Crippen LogP contribution in [0.3, 0.4) is 0 Å². The van der Waals surface area contributed by atoms with Crippen LogP contribution in [0, 0.1) is 13.8 Å². The maximum Gasteiger partial charge on any atom is 0.416 e. The van der Waals surface area contributed by atoms with Crippen molar-refractivity contribution in [3.8, 4) is 0 Å². The molecule has 0 N–H and O–H groups in total. The third-order valence-corrected chi connectivity index (χ3v) is 6.55. The van der Waals surface area contributed by atoms with Gasteiger partial charge in [-0.1, -0.05) is 6.07 Å². The summed E-state index contributed by atoms with van der Waals surface area (Å²) in [4.78, 5) is 28.5. The second-order valence-electron chi connectivity index (χ2n) is 8.83. The molecule has 2 saturated heterocycles. The number of hydrogen-bond donors (Lipinski definition) is 0. The third kappa shape index (κ3) is 4.05. The first kappa shape index (κ1) is 22.5. The summed E-state index contributed by atoms with van der Waals surface area (Å²) in [5.74, 6) is 1.67. The van der Waals surface area contributed by atoms with E-state index in [0.717, 1.165) is 43.9 Å². The van der Waals surface area contributed by atoms with Crippen LogP contribution in [-0.2, 0) is 6.18 Å². The highest BCUT2D eigenvalue weighted by atomic mass is 19.4. The van der Waals surface area contributed by atoms with Gasteiger partial charge < -0.3 is 19.1 Å². The summed E-state index contributed by atoms with van der Waals surface area (Å²) in [6, 6.07) is 5.31. The quantitative estimate of drug-likeness (QED) is 0.561. The number of hydrogen-bond acceptors (Lipinski definition) is 6. The molecule has 0 aliphatic carbocycles. The molecule has 1 amide bonds. The molecule has 1 aromatic carbocycles. The SMILES string of the molecule is Cc1nc(N2CCCC2)c2c(C(=O)N3CCN(c4cccc(C(F)(F)F)c4)CC3)c(C)oc2n1. The van der Waals surface area contributed by atoms with Crippen molar-refractivity contribution in [3.63, 3.8) is 0 Å². The van der Waals surface area contributed by atoms with Crippen molar-refractivity contribution in [1.82, 2.24) is 14.9 Å². The highest BCUT2D eigenvalue weighted by molar-refractivity contribution is 6.10. The van der Waals surface area contributed by atoms with Gasteiger partial charge in [-0.3, -0.25) is 4.79 Å². The first-order chi connectivity index (χ1) is 16.2. The first-order valence-electron chi connectivity index (χ1n) is 11.5. The number of carbonyl (C=O) groups excluding carboxylic acids is 1. The zero-order valence-corrected chi connectivity index (χ0v) is 19.2. The fraction of sp³-hybridized carbons (Fsp3) is 0.458. The number of amides is 1. The topological polar surface area (TPSA) is 65.7 Å². The second kappa shape index (κ2) is 8.48. The Balaban J connectivity index is 1.39. The van der Waals surface area contributed by atoms with Gasteiger partial charge in [-0.15, -0.1) is 0 Å². The van der Waals surface area contributed by atoms with E-state index in [-0.39, 0.29) is 5.91 Å². The average Bonchev–Trinajstić information content (AvgIpc) is 3.45. The predicted octanol–water partition coefficient (Wildman–Crippen LogP) is 4.42. The van der Waals surface area contributed by atoms with Crippen molar-refractivity contribution in [2.24, 2.45) is 0 Å². The first-order valence-corrected chi connectivity index (χ1v) is 11.5. The van der Waals surface area contributed by atoms with Crippen LogP contribution in [0.2, 0.25) is 0 Å². The molecule has 2 aromatic heterocycles. The van der Waals surface area contributed by atoms with Crippen molar-refractivity contribution in [3.05, 3.63) is 47.0 Å². The van der Waals surface area contributed by atoms with Gasteiger partial charge in [0.25, 0.3) is 5.91 Å². The zero-order chi connectivity index (χ0) is 24.0. The summed E-state index contributed by atoms with van der Waals surface area (Å²) in [6.07, 6.45) is -2.24. The molecule has 180 valence electrons. The molecular formula is C24H26F3N5O2. The van der Waals surface area contributed by atoms with Crippen molar-refractivity contribution in [2.75, 3.05) is 49.1 Å². The number of fused-ring (bicyclic) bond motifs is 1. The van der Waals surface area contributed by atoms with Crippen LogP contribution in [0.4, 0.5) is 24.7 Å². The molecule has 0 radical (unpaired) electrons. The normalized spacial score (nSPS) is 17.1. The Hall–Kier alpha value is -3.30. The molecular weight excluding hydrogens is 447 g/mol. The van der Waals surface area contributed by atoms with E-state index in [1.165, 1.54) is 6.07 Å². The minimum atomic E-state index is -4.39. The van der Waals surface area contributed by atoms with Gasteiger partial charge in [0.05, 0.1) is 16.5 Å². The number of aromatic nitrogens is 2. The van der Waals surface area contributed by atoms with Crippen LogP contribution in [0.15, 0.2) is 28.7 Å². The molecule has 4 heterocycles. The van der Waals surface area contributed by atoms with Gasteiger partial charge in [-0.2, -0.15) is 18.2 Å². The number of nitrogens with zero attached hydrogens (tertiary/aromatic N) is 5. The smallest absolute Gasteiger partial charge is 0.416 e. The molecule has 0 saturated carbocycles. The van der Waals surface area contributed by atoms with E-state index in [9.17, 15) is 18.0 Å². The molecule has 0 spiro atoms. The lowest BCUT2D eigenvalue weighted by Crippen LogP contribution is -2.49. The van der Waals surface area contributed by atoms with E-state index in [1.807, 2.05) is 11.8 Å². The Morgan fingerprint density at radius 1 is 0.971 bits per heavy atom. The van der Waals surface area contributed by atoms with Gasteiger partial charge in [0.2, 0.25) is 5.71 Å². The second-order valence-corrected chi connectivity index (χ2v) is 8.83. The molecule has 0 bridgehead atoms. The summed E-state index contributed by atoms with van der Waals surface area (Å²) in [7, 11) is 0.